The lowest BCUT2D eigenvalue weighted by Crippen LogP contribution is -3.13. The summed E-state index contributed by atoms with van der Waals surface area (Å²) in [7, 11) is 0. The lowest BCUT2D eigenvalue weighted by atomic mass is 10.1. The highest BCUT2D eigenvalue weighted by atomic mass is 16.5. The van der Waals surface area contributed by atoms with E-state index in [0.29, 0.717) is 30.2 Å². The Morgan fingerprint density at radius 1 is 1.14 bits per heavy atom. The van der Waals surface area contributed by atoms with E-state index >= 15 is 0 Å². The molecule has 7 heteroatoms. The summed E-state index contributed by atoms with van der Waals surface area (Å²) in [6, 6.07) is 10.6. The monoisotopic (exact) mass is 384 g/mol. The molecular formula is C21H26N3O4+. The number of nitrogens with zero attached hydrogens (tertiary/aromatic N) is 1. The lowest BCUT2D eigenvalue weighted by molar-refractivity contribution is -0.896. The van der Waals surface area contributed by atoms with Crippen LogP contribution in [-0.2, 0) is 9.53 Å². The topological polar surface area (TPSA) is 85.3 Å². The number of benzene rings is 1. The first kappa shape index (κ1) is 19.8. The molecule has 2 heterocycles. The Morgan fingerprint density at radius 2 is 1.89 bits per heavy atom. The number of rotatable bonds is 7. The highest BCUT2D eigenvalue weighted by Crippen LogP contribution is 2.22. The third kappa shape index (κ3) is 5.53. The summed E-state index contributed by atoms with van der Waals surface area (Å²) in [5.41, 5.74) is 3.89. The standard InChI is InChI=1S/C21H25N3O4/c1-2-27-21(26)17-8-6-16(7-9-17)19-11-10-18(28-19)14-22-23-20(25)15-24-12-4-3-5-13-24/h6-11,14H,2-5,12-13,15H2,1H3,(H,23,25)/p+1/b22-14-. The van der Waals surface area contributed by atoms with Crippen molar-refractivity contribution in [3.05, 3.63) is 47.7 Å². The number of esters is 1. The third-order valence-corrected chi connectivity index (χ3v) is 4.66. The Morgan fingerprint density at radius 3 is 2.61 bits per heavy atom. The van der Waals surface area contributed by atoms with E-state index < -0.39 is 0 Å². The van der Waals surface area contributed by atoms with Gasteiger partial charge in [0.2, 0.25) is 0 Å². The maximum atomic E-state index is 11.9. The number of amides is 1. The van der Waals surface area contributed by atoms with Gasteiger partial charge in [0, 0.05) is 5.56 Å². The molecule has 1 saturated heterocycles. The summed E-state index contributed by atoms with van der Waals surface area (Å²) in [5.74, 6) is 0.758. The van der Waals surface area contributed by atoms with Crippen LogP contribution in [0.2, 0.25) is 0 Å². The molecule has 1 fully saturated rings. The Labute approximate surface area is 164 Å². The van der Waals surface area contributed by atoms with Crippen LogP contribution in [-0.4, -0.2) is 44.3 Å². The van der Waals surface area contributed by atoms with E-state index in [1.165, 1.54) is 30.4 Å². The fourth-order valence-corrected chi connectivity index (χ4v) is 3.23. The lowest BCUT2D eigenvalue weighted by Gasteiger charge is -2.22. The van der Waals surface area contributed by atoms with Gasteiger partial charge in [-0.2, -0.15) is 5.10 Å². The van der Waals surface area contributed by atoms with Crippen molar-refractivity contribution in [2.24, 2.45) is 5.10 Å². The minimum absolute atomic E-state index is 0.0884. The number of likely N-dealkylation sites (tertiary alicyclic amines) is 1. The molecule has 7 nitrogen and oxygen atoms in total. The third-order valence-electron chi connectivity index (χ3n) is 4.66. The molecule has 0 atom stereocenters. The van der Waals surface area contributed by atoms with E-state index in [2.05, 4.69) is 10.5 Å². The number of hydrogen-bond acceptors (Lipinski definition) is 5. The second kappa shape index (κ2) is 9.85. The van der Waals surface area contributed by atoms with Gasteiger partial charge < -0.3 is 14.1 Å². The van der Waals surface area contributed by atoms with Crippen molar-refractivity contribution < 1.29 is 23.6 Å². The van der Waals surface area contributed by atoms with E-state index in [1.54, 1.807) is 37.3 Å². The fraction of sp³-hybridized carbons (Fsp3) is 0.381. The second-order valence-corrected chi connectivity index (χ2v) is 6.78. The van der Waals surface area contributed by atoms with Crippen LogP contribution in [0.5, 0.6) is 0 Å². The molecule has 3 rings (SSSR count). The quantitative estimate of drug-likeness (QED) is 0.432. The normalized spacial score (nSPS) is 14.9. The summed E-state index contributed by atoms with van der Waals surface area (Å²) in [5, 5.41) is 3.98. The summed E-state index contributed by atoms with van der Waals surface area (Å²) in [6.07, 6.45) is 5.11. The maximum Gasteiger partial charge on any atom is 0.338 e. The molecule has 28 heavy (non-hydrogen) atoms. The van der Waals surface area contributed by atoms with Gasteiger partial charge in [0.05, 0.1) is 31.5 Å². The molecule has 2 N–H and O–H groups in total. The predicted octanol–water partition coefficient (Wildman–Crippen LogP) is 1.64. The Bertz CT molecular complexity index is 820. The van der Waals surface area contributed by atoms with E-state index in [4.69, 9.17) is 9.15 Å². The fourth-order valence-electron chi connectivity index (χ4n) is 3.23. The van der Waals surface area contributed by atoms with Gasteiger partial charge in [0.1, 0.15) is 11.5 Å². The van der Waals surface area contributed by atoms with Crippen molar-refractivity contribution in [2.45, 2.75) is 26.2 Å². The SMILES string of the molecule is CCOC(=O)c1ccc(-c2ccc(/C=N\NC(=O)C[NH+]3CCCCC3)o2)cc1. The van der Waals surface area contributed by atoms with E-state index in [1.807, 2.05) is 6.07 Å². The van der Waals surface area contributed by atoms with Crippen molar-refractivity contribution >= 4 is 18.1 Å². The Kier molecular flexibility index (Phi) is 6.97. The number of carbonyl (C=O) groups is 2. The predicted molar refractivity (Wildman–Crippen MR) is 105 cm³/mol. The van der Waals surface area contributed by atoms with Crippen LogP contribution in [0.25, 0.3) is 11.3 Å². The van der Waals surface area contributed by atoms with Crippen LogP contribution in [0.1, 0.15) is 42.3 Å². The molecule has 0 bridgehead atoms. The van der Waals surface area contributed by atoms with Crippen LogP contribution < -0.4 is 10.3 Å². The molecule has 1 aliphatic heterocycles. The second-order valence-electron chi connectivity index (χ2n) is 6.78. The van der Waals surface area contributed by atoms with Crippen LogP contribution >= 0.6 is 0 Å². The first-order valence-corrected chi connectivity index (χ1v) is 9.68. The van der Waals surface area contributed by atoms with Gasteiger partial charge in [-0.3, -0.25) is 4.79 Å². The van der Waals surface area contributed by atoms with Gasteiger partial charge in [0.15, 0.2) is 6.54 Å². The number of nitrogens with one attached hydrogen (secondary N) is 2. The average Bonchev–Trinajstić information content (AvgIpc) is 3.18. The van der Waals surface area contributed by atoms with Crippen molar-refractivity contribution in [1.29, 1.82) is 0 Å². The smallest absolute Gasteiger partial charge is 0.338 e. The minimum Gasteiger partial charge on any atom is -0.462 e. The molecule has 0 unspecified atom stereocenters. The molecule has 0 saturated carbocycles. The van der Waals surface area contributed by atoms with Gasteiger partial charge in [-0.15, -0.1) is 0 Å². The highest BCUT2D eigenvalue weighted by Gasteiger charge is 2.16. The molecule has 148 valence electrons. The Balaban J connectivity index is 1.52. The van der Waals surface area contributed by atoms with Gasteiger partial charge in [-0.25, -0.2) is 10.2 Å². The molecule has 0 aliphatic carbocycles. The number of hydrazone groups is 1. The minimum atomic E-state index is -0.344. The first-order valence-electron chi connectivity index (χ1n) is 9.68. The molecule has 1 amide bonds. The zero-order valence-electron chi connectivity index (χ0n) is 16.1. The van der Waals surface area contributed by atoms with E-state index in [0.717, 1.165) is 18.7 Å². The average molecular weight is 384 g/mol. The number of hydrogen-bond donors (Lipinski definition) is 2. The first-order chi connectivity index (χ1) is 13.7. The molecular weight excluding hydrogens is 358 g/mol. The summed E-state index contributed by atoms with van der Waals surface area (Å²) < 4.78 is 10.7. The summed E-state index contributed by atoms with van der Waals surface area (Å²) in [6.45, 7) is 4.67. The molecule has 0 spiro atoms. The van der Waals surface area contributed by atoms with Gasteiger partial charge in [-0.05, 0) is 50.5 Å². The van der Waals surface area contributed by atoms with Crippen LogP contribution in [0.3, 0.4) is 0 Å². The van der Waals surface area contributed by atoms with Crippen LogP contribution in [0.4, 0.5) is 0 Å². The van der Waals surface area contributed by atoms with Crippen LogP contribution in [0, 0.1) is 0 Å². The summed E-state index contributed by atoms with van der Waals surface area (Å²) >= 11 is 0. The zero-order chi connectivity index (χ0) is 19.8. The number of quaternary nitrogens is 1. The maximum absolute atomic E-state index is 11.9. The Hall–Kier alpha value is -2.93. The largest absolute Gasteiger partial charge is 0.462 e. The van der Waals surface area contributed by atoms with Gasteiger partial charge >= 0.3 is 5.97 Å². The number of ether oxygens (including phenoxy) is 1. The van der Waals surface area contributed by atoms with Gasteiger partial charge in [0.25, 0.3) is 5.91 Å². The van der Waals surface area contributed by atoms with Crippen molar-refractivity contribution in [1.82, 2.24) is 5.43 Å². The van der Waals surface area contributed by atoms with E-state index in [9.17, 15) is 9.59 Å². The van der Waals surface area contributed by atoms with Crippen molar-refractivity contribution in [3.63, 3.8) is 0 Å². The molecule has 1 aromatic heterocycles. The van der Waals surface area contributed by atoms with Gasteiger partial charge in [-0.1, -0.05) is 12.1 Å². The van der Waals surface area contributed by atoms with Crippen molar-refractivity contribution in [2.75, 3.05) is 26.2 Å². The molecule has 0 radical (unpaired) electrons. The molecule has 1 aliphatic rings. The zero-order valence-corrected chi connectivity index (χ0v) is 16.1. The van der Waals surface area contributed by atoms with Crippen molar-refractivity contribution in [3.8, 4) is 11.3 Å². The van der Waals surface area contributed by atoms with E-state index in [-0.39, 0.29) is 11.9 Å². The number of piperidine rings is 1. The highest BCUT2D eigenvalue weighted by molar-refractivity contribution is 5.90. The molecule has 2 aromatic rings. The number of carbonyl (C=O) groups excluding carboxylic acids is 2. The number of furan rings is 1. The molecule has 1 aromatic carbocycles. The van der Waals surface area contributed by atoms with Crippen LogP contribution in [0.15, 0.2) is 45.9 Å². The summed E-state index contributed by atoms with van der Waals surface area (Å²) in [4.78, 5) is 25.0.